The van der Waals surface area contributed by atoms with Crippen LogP contribution in [0.15, 0.2) is 18.3 Å². The summed E-state index contributed by atoms with van der Waals surface area (Å²) in [6.45, 7) is 12.7. The van der Waals surface area contributed by atoms with E-state index >= 15 is 0 Å². The molecule has 0 radical (unpaired) electrons. The maximum Gasteiger partial charge on any atom is 0.125 e. The maximum atomic E-state index is 5.45. The lowest BCUT2D eigenvalue weighted by atomic mass is 10.2. The molecule has 5 heteroatoms. The van der Waals surface area contributed by atoms with Gasteiger partial charge in [-0.05, 0) is 32.4 Å². The fourth-order valence-corrected chi connectivity index (χ4v) is 2.01. The molecular weight excluding hydrogens is 266 g/mol. The van der Waals surface area contributed by atoms with Crippen molar-refractivity contribution in [2.75, 3.05) is 51.4 Å². The minimum absolute atomic E-state index is 0.755. The Bertz CT molecular complexity index is 347. The monoisotopic (exact) mass is 295 g/mol. The van der Waals surface area contributed by atoms with E-state index in [0.717, 1.165) is 58.4 Å². The number of nitrogens with one attached hydrogen (secondary N) is 1. The van der Waals surface area contributed by atoms with Gasteiger partial charge in [0.05, 0.1) is 13.2 Å². The van der Waals surface area contributed by atoms with Crippen LogP contribution < -0.4 is 5.32 Å². The lowest BCUT2D eigenvalue weighted by Gasteiger charge is -2.22. The van der Waals surface area contributed by atoms with Gasteiger partial charge in [0, 0.05) is 45.6 Å². The summed E-state index contributed by atoms with van der Waals surface area (Å²) in [7, 11) is 0. The quantitative estimate of drug-likeness (QED) is 0.600. The fourth-order valence-electron chi connectivity index (χ4n) is 2.01. The van der Waals surface area contributed by atoms with Gasteiger partial charge in [0.15, 0.2) is 0 Å². The van der Waals surface area contributed by atoms with Crippen molar-refractivity contribution >= 4 is 5.82 Å². The molecule has 1 rings (SSSR count). The van der Waals surface area contributed by atoms with E-state index in [1.807, 2.05) is 26.1 Å². The molecule has 0 fully saturated rings. The summed E-state index contributed by atoms with van der Waals surface area (Å²) < 4.78 is 10.9. The first-order valence-corrected chi connectivity index (χ1v) is 7.86. The zero-order valence-corrected chi connectivity index (χ0v) is 13.6. The van der Waals surface area contributed by atoms with Crippen molar-refractivity contribution in [2.45, 2.75) is 27.3 Å². The molecule has 0 saturated heterocycles. The molecule has 0 atom stereocenters. The smallest absolute Gasteiger partial charge is 0.125 e. The van der Waals surface area contributed by atoms with Crippen molar-refractivity contribution in [3.63, 3.8) is 0 Å². The predicted octanol–water partition coefficient (Wildman–Crippen LogP) is 2.39. The van der Waals surface area contributed by atoms with Gasteiger partial charge in [-0.15, -0.1) is 0 Å². The van der Waals surface area contributed by atoms with E-state index in [1.165, 1.54) is 5.56 Å². The topological polar surface area (TPSA) is 46.6 Å². The molecule has 21 heavy (non-hydrogen) atoms. The molecule has 0 amide bonds. The standard InChI is InChI=1S/C16H29N3O2/c1-4-17-16-8-7-15(13-18-16)14-19(9-11-20-5-2)10-12-21-6-3/h7-8,13H,4-6,9-12,14H2,1-3H3,(H,17,18). The number of anilines is 1. The second-order valence-corrected chi connectivity index (χ2v) is 4.75. The minimum Gasteiger partial charge on any atom is -0.380 e. The number of aromatic nitrogens is 1. The molecule has 120 valence electrons. The molecule has 1 aromatic heterocycles. The molecule has 1 heterocycles. The molecule has 0 aliphatic carbocycles. The van der Waals surface area contributed by atoms with Gasteiger partial charge in [-0.3, -0.25) is 4.90 Å². The molecule has 0 aliphatic rings. The minimum atomic E-state index is 0.755. The Labute approximate surface area is 128 Å². The van der Waals surface area contributed by atoms with E-state index in [4.69, 9.17) is 9.47 Å². The first-order valence-electron chi connectivity index (χ1n) is 7.86. The van der Waals surface area contributed by atoms with Crippen molar-refractivity contribution in [3.8, 4) is 0 Å². The normalized spacial score (nSPS) is 11.0. The maximum absolute atomic E-state index is 5.45. The molecule has 0 spiro atoms. The summed E-state index contributed by atoms with van der Waals surface area (Å²) in [5.41, 5.74) is 1.21. The summed E-state index contributed by atoms with van der Waals surface area (Å²) >= 11 is 0. The second kappa shape index (κ2) is 11.5. The average Bonchev–Trinajstić information content (AvgIpc) is 2.50. The molecule has 0 saturated carbocycles. The summed E-state index contributed by atoms with van der Waals surface area (Å²) in [6.07, 6.45) is 1.94. The van der Waals surface area contributed by atoms with Crippen LogP contribution >= 0.6 is 0 Å². The number of pyridine rings is 1. The van der Waals surface area contributed by atoms with Crippen LogP contribution in [0.5, 0.6) is 0 Å². The summed E-state index contributed by atoms with van der Waals surface area (Å²) in [5, 5.41) is 3.21. The van der Waals surface area contributed by atoms with Gasteiger partial charge >= 0.3 is 0 Å². The molecule has 1 N–H and O–H groups in total. The van der Waals surface area contributed by atoms with Crippen molar-refractivity contribution in [2.24, 2.45) is 0 Å². The van der Waals surface area contributed by atoms with Crippen LogP contribution in [0.25, 0.3) is 0 Å². The Kier molecular flexibility index (Phi) is 9.78. The van der Waals surface area contributed by atoms with Gasteiger partial charge < -0.3 is 14.8 Å². The van der Waals surface area contributed by atoms with Crippen LogP contribution in [0.1, 0.15) is 26.3 Å². The number of hydrogen-bond acceptors (Lipinski definition) is 5. The third-order valence-electron chi connectivity index (χ3n) is 3.10. The SMILES string of the molecule is CCNc1ccc(CN(CCOCC)CCOCC)cn1. The first kappa shape index (κ1) is 17.9. The zero-order valence-electron chi connectivity index (χ0n) is 13.6. The first-order chi connectivity index (χ1) is 10.3. The number of hydrogen-bond donors (Lipinski definition) is 1. The lowest BCUT2D eigenvalue weighted by molar-refractivity contribution is 0.0797. The summed E-state index contributed by atoms with van der Waals surface area (Å²) in [5.74, 6) is 0.927. The summed E-state index contributed by atoms with van der Waals surface area (Å²) in [4.78, 5) is 6.76. The number of rotatable bonds is 12. The van der Waals surface area contributed by atoms with Crippen molar-refractivity contribution in [3.05, 3.63) is 23.9 Å². The van der Waals surface area contributed by atoms with E-state index in [0.29, 0.717) is 0 Å². The third-order valence-corrected chi connectivity index (χ3v) is 3.10. The van der Waals surface area contributed by atoms with Gasteiger partial charge in [-0.25, -0.2) is 4.98 Å². The van der Waals surface area contributed by atoms with Crippen molar-refractivity contribution in [1.29, 1.82) is 0 Å². The Morgan fingerprint density at radius 1 is 1.05 bits per heavy atom. The second-order valence-electron chi connectivity index (χ2n) is 4.75. The zero-order chi connectivity index (χ0) is 15.3. The van der Waals surface area contributed by atoms with Crippen LogP contribution in [0.4, 0.5) is 5.82 Å². The van der Waals surface area contributed by atoms with E-state index in [1.54, 1.807) is 0 Å². The van der Waals surface area contributed by atoms with E-state index in [9.17, 15) is 0 Å². The molecule has 0 aromatic carbocycles. The predicted molar refractivity (Wildman–Crippen MR) is 86.7 cm³/mol. The third kappa shape index (κ3) is 7.99. The van der Waals surface area contributed by atoms with Crippen molar-refractivity contribution < 1.29 is 9.47 Å². The van der Waals surface area contributed by atoms with Crippen LogP contribution in [0.2, 0.25) is 0 Å². The van der Waals surface area contributed by atoms with Crippen molar-refractivity contribution in [1.82, 2.24) is 9.88 Å². The van der Waals surface area contributed by atoms with E-state index < -0.39 is 0 Å². The van der Waals surface area contributed by atoms with Crippen LogP contribution in [-0.4, -0.2) is 55.9 Å². The van der Waals surface area contributed by atoms with Crippen LogP contribution in [0.3, 0.4) is 0 Å². The van der Waals surface area contributed by atoms with Gasteiger partial charge in [0.2, 0.25) is 0 Å². The van der Waals surface area contributed by atoms with Crippen LogP contribution in [0, 0.1) is 0 Å². The molecular formula is C16H29N3O2. The van der Waals surface area contributed by atoms with Gasteiger partial charge in [0.1, 0.15) is 5.82 Å². The van der Waals surface area contributed by atoms with E-state index in [-0.39, 0.29) is 0 Å². The fraction of sp³-hybridized carbons (Fsp3) is 0.688. The average molecular weight is 295 g/mol. The Balaban J connectivity index is 2.48. The van der Waals surface area contributed by atoms with E-state index in [2.05, 4.69) is 28.2 Å². The highest BCUT2D eigenvalue weighted by atomic mass is 16.5. The highest BCUT2D eigenvalue weighted by molar-refractivity contribution is 5.35. The molecule has 5 nitrogen and oxygen atoms in total. The molecule has 0 bridgehead atoms. The Morgan fingerprint density at radius 2 is 1.71 bits per heavy atom. The molecule has 0 unspecified atom stereocenters. The van der Waals surface area contributed by atoms with Gasteiger partial charge in [0.25, 0.3) is 0 Å². The Hall–Kier alpha value is -1.17. The highest BCUT2D eigenvalue weighted by Crippen LogP contribution is 2.08. The van der Waals surface area contributed by atoms with Crippen LogP contribution in [-0.2, 0) is 16.0 Å². The highest BCUT2D eigenvalue weighted by Gasteiger charge is 2.06. The van der Waals surface area contributed by atoms with Gasteiger partial charge in [-0.1, -0.05) is 6.07 Å². The lowest BCUT2D eigenvalue weighted by Crippen LogP contribution is -2.30. The van der Waals surface area contributed by atoms with Gasteiger partial charge in [-0.2, -0.15) is 0 Å². The molecule has 1 aromatic rings. The Morgan fingerprint density at radius 3 is 2.19 bits per heavy atom. The summed E-state index contributed by atoms with van der Waals surface area (Å²) in [6, 6.07) is 4.15. The number of nitrogens with zero attached hydrogens (tertiary/aromatic N) is 2. The molecule has 0 aliphatic heterocycles. The number of ether oxygens (including phenoxy) is 2. The largest absolute Gasteiger partial charge is 0.380 e.